The minimum Gasteiger partial charge on any atom is -0.497 e. The molecule has 1 aliphatic rings. The van der Waals surface area contributed by atoms with E-state index in [-0.39, 0.29) is 17.7 Å². The summed E-state index contributed by atoms with van der Waals surface area (Å²) in [6.07, 6.45) is 3.89. The molecule has 7 nitrogen and oxygen atoms in total. The van der Waals surface area contributed by atoms with Crippen LogP contribution in [0.2, 0.25) is 0 Å². The molecule has 2 aromatic heterocycles. The largest absolute Gasteiger partial charge is 0.497 e. The Morgan fingerprint density at radius 2 is 2.10 bits per heavy atom. The molecule has 29 heavy (non-hydrogen) atoms. The minimum absolute atomic E-state index is 0.00656. The van der Waals surface area contributed by atoms with Gasteiger partial charge in [0.1, 0.15) is 5.75 Å². The van der Waals surface area contributed by atoms with Gasteiger partial charge in [0.2, 0.25) is 5.91 Å². The first-order valence-corrected chi connectivity index (χ1v) is 10.7. The van der Waals surface area contributed by atoms with Crippen molar-refractivity contribution in [3.63, 3.8) is 0 Å². The van der Waals surface area contributed by atoms with Gasteiger partial charge < -0.3 is 14.5 Å². The number of rotatable bonds is 9. The van der Waals surface area contributed by atoms with Gasteiger partial charge in [0.15, 0.2) is 16.7 Å². The molecule has 1 fully saturated rings. The summed E-state index contributed by atoms with van der Waals surface area (Å²) in [6, 6.07) is 11.6. The summed E-state index contributed by atoms with van der Waals surface area (Å²) in [6.45, 7) is 2.72. The number of hydrogen-bond donors (Lipinski definition) is 1. The number of hydrogen-bond acceptors (Lipinski definition) is 6. The Balaban J connectivity index is 1.40. The quantitative estimate of drug-likeness (QED) is 0.536. The number of ether oxygens (including phenoxy) is 1. The molecule has 0 aliphatic heterocycles. The Morgan fingerprint density at radius 1 is 1.31 bits per heavy atom. The first kappa shape index (κ1) is 19.6. The van der Waals surface area contributed by atoms with Crippen LogP contribution in [0.4, 0.5) is 0 Å². The van der Waals surface area contributed by atoms with E-state index >= 15 is 0 Å². The molecule has 0 spiro atoms. The summed E-state index contributed by atoms with van der Waals surface area (Å²) in [5, 5.41) is 12.4. The molecule has 4 rings (SSSR count). The molecule has 8 heteroatoms. The zero-order valence-electron chi connectivity index (χ0n) is 16.5. The Hall–Kier alpha value is -2.74. The summed E-state index contributed by atoms with van der Waals surface area (Å²) in [5.41, 5.74) is 1.11. The number of aromatic nitrogens is 3. The molecule has 1 unspecified atom stereocenters. The van der Waals surface area contributed by atoms with Crippen molar-refractivity contribution < 1.29 is 13.9 Å². The Labute approximate surface area is 173 Å². The molecule has 152 valence electrons. The Kier molecular flexibility index (Phi) is 5.89. The van der Waals surface area contributed by atoms with Crippen LogP contribution in [0.3, 0.4) is 0 Å². The fourth-order valence-corrected chi connectivity index (χ4v) is 4.14. The maximum absolute atomic E-state index is 12.7. The van der Waals surface area contributed by atoms with E-state index < -0.39 is 0 Å². The highest BCUT2D eigenvalue weighted by atomic mass is 32.2. The molecule has 1 aliphatic carbocycles. The molecule has 0 bridgehead atoms. The van der Waals surface area contributed by atoms with Crippen LogP contribution in [0.5, 0.6) is 5.75 Å². The molecule has 1 saturated carbocycles. The van der Waals surface area contributed by atoms with E-state index in [0.29, 0.717) is 29.2 Å². The van der Waals surface area contributed by atoms with Crippen molar-refractivity contribution in [3.05, 3.63) is 48.2 Å². The van der Waals surface area contributed by atoms with Crippen molar-refractivity contribution in [3.8, 4) is 17.3 Å². The van der Waals surface area contributed by atoms with Gasteiger partial charge in [0.25, 0.3) is 0 Å². The fourth-order valence-electron chi connectivity index (χ4n) is 3.33. The van der Waals surface area contributed by atoms with E-state index in [1.807, 2.05) is 47.9 Å². The molecule has 1 amide bonds. The number of furan rings is 1. The molecule has 0 saturated heterocycles. The highest BCUT2D eigenvalue weighted by Crippen LogP contribution is 2.41. The molecule has 3 aromatic rings. The molecular formula is C21H24N4O3S. The third-order valence-corrected chi connectivity index (χ3v) is 5.96. The van der Waals surface area contributed by atoms with Gasteiger partial charge in [-0.05, 0) is 55.5 Å². The third kappa shape index (κ3) is 4.48. The number of carbonyl (C=O) groups excluding carboxylic acids is 1. The standard InChI is InChI=1S/C21H24N4O3S/c1-3-25-20(17-5-4-12-28-17)23-24-21(25)29-13-18(26)22-19(14-6-7-14)15-8-10-16(27-2)11-9-15/h4-5,8-12,14,19H,3,6-7,13H2,1-2H3,(H,22,26). The van der Waals surface area contributed by atoms with Gasteiger partial charge in [-0.3, -0.25) is 9.36 Å². The lowest BCUT2D eigenvalue weighted by atomic mass is 10.0. The molecule has 1 N–H and O–H groups in total. The van der Waals surface area contributed by atoms with Crippen molar-refractivity contribution in [2.45, 2.75) is 37.5 Å². The fraction of sp³-hybridized carbons (Fsp3) is 0.381. The van der Waals surface area contributed by atoms with Gasteiger partial charge in [0, 0.05) is 6.54 Å². The predicted octanol–water partition coefficient (Wildman–Crippen LogP) is 3.93. The second-order valence-corrected chi connectivity index (χ2v) is 7.91. The number of amides is 1. The number of nitrogens with zero attached hydrogens (tertiary/aromatic N) is 3. The van der Waals surface area contributed by atoms with Crippen LogP contribution in [0.1, 0.15) is 31.4 Å². The summed E-state index contributed by atoms with van der Waals surface area (Å²) >= 11 is 1.39. The molecule has 1 atom stereocenters. The van der Waals surface area contributed by atoms with Crippen molar-refractivity contribution in [2.24, 2.45) is 5.92 Å². The lowest BCUT2D eigenvalue weighted by Crippen LogP contribution is -2.31. The number of nitrogens with one attached hydrogen (secondary N) is 1. The highest BCUT2D eigenvalue weighted by Gasteiger charge is 2.33. The van der Waals surface area contributed by atoms with Crippen LogP contribution in [0.25, 0.3) is 11.6 Å². The molecule has 0 radical (unpaired) electrons. The highest BCUT2D eigenvalue weighted by molar-refractivity contribution is 7.99. The second-order valence-electron chi connectivity index (χ2n) is 6.97. The van der Waals surface area contributed by atoms with Crippen molar-refractivity contribution in [1.29, 1.82) is 0 Å². The van der Waals surface area contributed by atoms with E-state index in [0.717, 1.165) is 24.2 Å². The second kappa shape index (κ2) is 8.73. The maximum atomic E-state index is 12.7. The van der Waals surface area contributed by atoms with E-state index in [1.165, 1.54) is 11.8 Å². The number of methoxy groups -OCH3 is 1. The number of carbonyl (C=O) groups is 1. The smallest absolute Gasteiger partial charge is 0.230 e. The average Bonchev–Trinajstić information content (AvgIpc) is 3.28. The van der Waals surface area contributed by atoms with E-state index in [4.69, 9.17) is 9.15 Å². The van der Waals surface area contributed by atoms with Crippen molar-refractivity contribution in [1.82, 2.24) is 20.1 Å². The first-order valence-electron chi connectivity index (χ1n) is 9.72. The predicted molar refractivity (Wildman–Crippen MR) is 111 cm³/mol. The summed E-state index contributed by atoms with van der Waals surface area (Å²) in [5.74, 6) is 2.94. The van der Waals surface area contributed by atoms with Crippen molar-refractivity contribution >= 4 is 17.7 Å². The Bertz CT molecular complexity index is 949. The van der Waals surface area contributed by atoms with E-state index in [1.54, 1.807) is 13.4 Å². The summed E-state index contributed by atoms with van der Waals surface area (Å²) in [4.78, 5) is 12.7. The molecule has 2 heterocycles. The van der Waals surface area contributed by atoms with Gasteiger partial charge in [0.05, 0.1) is 25.2 Å². The lowest BCUT2D eigenvalue weighted by molar-refractivity contribution is -0.119. The van der Waals surface area contributed by atoms with Crippen LogP contribution in [-0.2, 0) is 11.3 Å². The maximum Gasteiger partial charge on any atom is 0.230 e. The summed E-state index contributed by atoms with van der Waals surface area (Å²) < 4.78 is 12.6. The zero-order valence-corrected chi connectivity index (χ0v) is 17.3. The first-order chi connectivity index (χ1) is 14.2. The third-order valence-electron chi connectivity index (χ3n) is 4.99. The van der Waals surface area contributed by atoms with Crippen LogP contribution in [0, 0.1) is 5.92 Å². The minimum atomic E-state index is -0.00656. The molecule has 1 aromatic carbocycles. The van der Waals surface area contributed by atoms with Gasteiger partial charge in [-0.15, -0.1) is 10.2 Å². The van der Waals surface area contributed by atoms with Crippen LogP contribution in [-0.4, -0.2) is 33.5 Å². The monoisotopic (exact) mass is 412 g/mol. The molecular weight excluding hydrogens is 388 g/mol. The van der Waals surface area contributed by atoms with Gasteiger partial charge >= 0.3 is 0 Å². The van der Waals surface area contributed by atoms with Gasteiger partial charge in [-0.25, -0.2) is 0 Å². The number of thioether (sulfide) groups is 1. The topological polar surface area (TPSA) is 82.2 Å². The van der Waals surface area contributed by atoms with E-state index in [9.17, 15) is 4.79 Å². The Morgan fingerprint density at radius 3 is 2.72 bits per heavy atom. The lowest BCUT2D eigenvalue weighted by Gasteiger charge is -2.19. The average molecular weight is 413 g/mol. The van der Waals surface area contributed by atoms with Gasteiger partial charge in [-0.1, -0.05) is 23.9 Å². The van der Waals surface area contributed by atoms with Crippen LogP contribution < -0.4 is 10.1 Å². The van der Waals surface area contributed by atoms with Gasteiger partial charge in [-0.2, -0.15) is 0 Å². The van der Waals surface area contributed by atoms with Crippen LogP contribution in [0.15, 0.2) is 52.2 Å². The summed E-state index contributed by atoms with van der Waals surface area (Å²) in [7, 11) is 1.65. The van der Waals surface area contributed by atoms with E-state index in [2.05, 4.69) is 15.5 Å². The SMILES string of the molecule is CCn1c(SCC(=O)NC(c2ccc(OC)cc2)C2CC2)nnc1-c1ccco1. The van der Waals surface area contributed by atoms with Crippen LogP contribution >= 0.6 is 11.8 Å². The zero-order chi connectivity index (χ0) is 20.2. The normalized spacial score (nSPS) is 14.6. The van der Waals surface area contributed by atoms with Crippen molar-refractivity contribution in [2.75, 3.05) is 12.9 Å². The number of benzene rings is 1.